The number of methoxy groups -OCH3 is 1. The minimum atomic E-state index is 0.215. The van der Waals surface area contributed by atoms with Crippen molar-refractivity contribution in [1.82, 2.24) is 5.32 Å². The Balaban J connectivity index is 1.68. The maximum absolute atomic E-state index is 11.7. The van der Waals surface area contributed by atoms with Crippen molar-refractivity contribution in [1.29, 1.82) is 0 Å². The Morgan fingerprint density at radius 2 is 2.14 bits per heavy atom. The summed E-state index contributed by atoms with van der Waals surface area (Å²) >= 11 is 0. The third-order valence-electron chi connectivity index (χ3n) is 4.92. The standard InChI is InChI=1S/C18H25NO2/c1-18(2)11-13(8-9-19-17(20)12-4-5-12)15-10-14(21-3)6-7-16(15)18/h6-7,10,12-13H,4-5,8-9,11H2,1-3H3,(H,19,20). The van der Waals surface area contributed by atoms with Crippen LogP contribution in [-0.2, 0) is 10.2 Å². The van der Waals surface area contributed by atoms with Crippen molar-refractivity contribution in [3.63, 3.8) is 0 Å². The number of carbonyl (C=O) groups is 1. The van der Waals surface area contributed by atoms with Crippen LogP contribution in [0.1, 0.15) is 56.6 Å². The fourth-order valence-electron chi connectivity index (χ4n) is 3.57. The molecule has 21 heavy (non-hydrogen) atoms. The van der Waals surface area contributed by atoms with E-state index in [1.165, 1.54) is 11.1 Å². The highest BCUT2D eigenvalue weighted by molar-refractivity contribution is 5.80. The van der Waals surface area contributed by atoms with Crippen molar-refractivity contribution in [2.75, 3.05) is 13.7 Å². The quantitative estimate of drug-likeness (QED) is 0.901. The molecule has 3 rings (SSSR count). The zero-order chi connectivity index (χ0) is 15.0. The Bertz CT molecular complexity index is 546. The third-order valence-corrected chi connectivity index (χ3v) is 4.92. The number of fused-ring (bicyclic) bond motifs is 1. The smallest absolute Gasteiger partial charge is 0.223 e. The molecule has 0 aliphatic heterocycles. The van der Waals surface area contributed by atoms with Crippen LogP contribution in [-0.4, -0.2) is 19.6 Å². The molecular weight excluding hydrogens is 262 g/mol. The summed E-state index contributed by atoms with van der Waals surface area (Å²) in [6.45, 7) is 5.40. The van der Waals surface area contributed by atoms with Gasteiger partial charge in [0.1, 0.15) is 5.75 Å². The van der Waals surface area contributed by atoms with Gasteiger partial charge >= 0.3 is 0 Å². The highest BCUT2D eigenvalue weighted by atomic mass is 16.5. The molecule has 0 aromatic heterocycles. The number of hydrogen-bond acceptors (Lipinski definition) is 2. The van der Waals surface area contributed by atoms with Gasteiger partial charge in [0.05, 0.1) is 7.11 Å². The minimum Gasteiger partial charge on any atom is -0.497 e. The Labute approximate surface area is 127 Å². The molecule has 1 saturated carbocycles. The topological polar surface area (TPSA) is 38.3 Å². The molecule has 1 unspecified atom stereocenters. The zero-order valence-corrected chi connectivity index (χ0v) is 13.2. The van der Waals surface area contributed by atoms with Crippen LogP contribution in [0.2, 0.25) is 0 Å². The van der Waals surface area contributed by atoms with Crippen LogP contribution in [0.4, 0.5) is 0 Å². The number of carbonyl (C=O) groups excluding carboxylic acids is 1. The molecular formula is C18H25NO2. The molecule has 1 aromatic carbocycles. The lowest BCUT2D eigenvalue weighted by molar-refractivity contribution is -0.122. The van der Waals surface area contributed by atoms with Crippen LogP contribution < -0.4 is 10.1 Å². The average Bonchev–Trinajstić information content (AvgIpc) is 3.26. The van der Waals surface area contributed by atoms with Gasteiger partial charge in [-0.2, -0.15) is 0 Å². The van der Waals surface area contributed by atoms with Gasteiger partial charge in [-0.1, -0.05) is 19.9 Å². The van der Waals surface area contributed by atoms with E-state index in [1.54, 1.807) is 7.11 Å². The molecule has 0 spiro atoms. The largest absolute Gasteiger partial charge is 0.497 e. The van der Waals surface area contributed by atoms with Crippen LogP contribution in [0.15, 0.2) is 18.2 Å². The van der Waals surface area contributed by atoms with Gasteiger partial charge in [-0.25, -0.2) is 0 Å². The van der Waals surface area contributed by atoms with Gasteiger partial charge in [0.25, 0.3) is 0 Å². The second-order valence-corrected chi connectivity index (χ2v) is 7.09. The van der Waals surface area contributed by atoms with E-state index in [2.05, 4.69) is 37.4 Å². The maximum atomic E-state index is 11.7. The molecule has 114 valence electrons. The molecule has 3 heteroatoms. The molecule has 1 N–H and O–H groups in total. The highest BCUT2D eigenvalue weighted by Crippen LogP contribution is 2.48. The second-order valence-electron chi connectivity index (χ2n) is 7.09. The molecule has 0 heterocycles. The van der Waals surface area contributed by atoms with Gasteiger partial charge in [-0.05, 0) is 60.3 Å². The van der Waals surface area contributed by atoms with E-state index in [0.29, 0.717) is 11.8 Å². The van der Waals surface area contributed by atoms with E-state index >= 15 is 0 Å². The van der Waals surface area contributed by atoms with E-state index in [-0.39, 0.29) is 11.3 Å². The van der Waals surface area contributed by atoms with Crippen molar-refractivity contribution in [2.24, 2.45) is 5.92 Å². The van der Waals surface area contributed by atoms with Crippen molar-refractivity contribution in [3.8, 4) is 5.75 Å². The zero-order valence-electron chi connectivity index (χ0n) is 13.2. The Kier molecular flexibility index (Phi) is 3.68. The van der Waals surface area contributed by atoms with Gasteiger partial charge < -0.3 is 10.1 Å². The Morgan fingerprint density at radius 1 is 1.38 bits per heavy atom. The number of rotatable bonds is 5. The first kappa shape index (κ1) is 14.4. The van der Waals surface area contributed by atoms with Gasteiger partial charge in [0, 0.05) is 12.5 Å². The number of hydrogen-bond donors (Lipinski definition) is 1. The predicted octanol–water partition coefficient (Wildman–Crippen LogP) is 3.38. The van der Waals surface area contributed by atoms with Crippen molar-refractivity contribution < 1.29 is 9.53 Å². The second kappa shape index (κ2) is 5.36. The first-order valence-corrected chi connectivity index (χ1v) is 7.97. The number of ether oxygens (including phenoxy) is 1. The summed E-state index contributed by atoms with van der Waals surface area (Å²) in [7, 11) is 1.71. The van der Waals surface area contributed by atoms with Crippen LogP contribution in [0.25, 0.3) is 0 Å². The van der Waals surface area contributed by atoms with Crippen LogP contribution >= 0.6 is 0 Å². The molecule has 1 atom stereocenters. The number of benzene rings is 1. The number of amides is 1. The van der Waals surface area contributed by atoms with E-state index in [4.69, 9.17) is 4.74 Å². The SMILES string of the molecule is COc1ccc2c(c1)C(CCNC(=O)C1CC1)CC2(C)C. The fraction of sp³-hybridized carbons (Fsp3) is 0.611. The number of nitrogens with one attached hydrogen (secondary N) is 1. The molecule has 3 nitrogen and oxygen atoms in total. The Hall–Kier alpha value is -1.51. The normalized spacial score (nSPS) is 22.7. The molecule has 2 aliphatic carbocycles. The lowest BCUT2D eigenvalue weighted by Gasteiger charge is -2.19. The van der Waals surface area contributed by atoms with Gasteiger partial charge in [-0.3, -0.25) is 4.79 Å². The summed E-state index contributed by atoms with van der Waals surface area (Å²) in [6, 6.07) is 6.44. The molecule has 1 fully saturated rings. The monoisotopic (exact) mass is 287 g/mol. The Morgan fingerprint density at radius 3 is 2.81 bits per heavy atom. The van der Waals surface area contributed by atoms with Crippen molar-refractivity contribution in [2.45, 2.75) is 50.9 Å². The van der Waals surface area contributed by atoms with Gasteiger partial charge in [-0.15, -0.1) is 0 Å². The van der Waals surface area contributed by atoms with Crippen LogP contribution in [0.5, 0.6) is 5.75 Å². The predicted molar refractivity (Wildman–Crippen MR) is 83.7 cm³/mol. The summed E-state index contributed by atoms with van der Waals surface area (Å²) < 4.78 is 5.37. The van der Waals surface area contributed by atoms with Crippen LogP contribution in [0, 0.1) is 5.92 Å². The average molecular weight is 287 g/mol. The van der Waals surface area contributed by atoms with E-state index in [9.17, 15) is 4.79 Å². The summed E-state index contributed by atoms with van der Waals surface area (Å²) in [5, 5.41) is 3.09. The minimum absolute atomic E-state index is 0.215. The first-order valence-electron chi connectivity index (χ1n) is 7.97. The molecule has 0 bridgehead atoms. The summed E-state index contributed by atoms with van der Waals surface area (Å²) in [5.74, 6) is 2.00. The summed E-state index contributed by atoms with van der Waals surface area (Å²) in [5.41, 5.74) is 3.05. The summed E-state index contributed by atoms with van der Waals surface area (Å²) in [6.07, 6.45) is 4.31. The molecule has 1 aromatic rings. The van der Waals surface area contributed by atoms with E-state index in [1.807, 2.05) is 0 Å². The lowest BCUT2D eigenvalue weighted by atomic mass is 9.86. The first-order chi connectivity index (χ1) is 10.0. The molecule has 1 amide bonds. The van der Waals surface area contributed by atoms with Gasteiger partial charge in [0.2, 0.25) is 5.91 Å². The van der Waals surface area contributed by atoms with E-state index < -0.39 is 0 Å². The lowest BCUT2D eigenvalue weighted by Crippen LogP contribution is -2.26. The van der Waals surface area contributed by atoms with Gasteiger partial charge in [0.15, 0.2) is 0 Å². The highest BCUT2D eigenvalue weighted by Gasteiger charge is 2.37. The third kappa shape index (κ3) is 2.92. The maximum Gasteiger partial charge on any atom is 0.223 e. The summed E-state index contributed by atoms with van der Waals surface area (Å²) in [4.78, 5) is 11.7. The van der Waals surface area contributed by atoms with Crippen molar-refractivity contribution in [3.05, 3.63) is 29.3 Å². The van der Waals surface area contributed by atoms with Crippen molar-refractivity contribution >= 4 is 5.91 Å². The van der Waals surface area contributed by atoms with Crippen LogP contribution in [0.3, 0.4) is 0 Å². The van der Waals surface area contributed by atoms with E-state index in [0.717, 1.165) is 38.0 Å². The molecule has 2 aliphatic rings. The fourth-order valence-corrected chi connectivity index (χ4v) is 3.57. The molecule has 0 radical (unpaired) electrons. The molecule has 0 saturated heterocycles.